The molecule has 3 aliphatic rings. The van der Waals surface area contributed by atoms with Gasteiger partial charge in [0.1, 0.15) is 5.75 Å². The average Bonchev–Trinajstić information content (AvgIpc) is 3.26. The van der Waals surface area contributed by atoms with Gasteiger partial charge >= 0.3 is 0 Å². The Balaban J connectivity index is 1.40. The first-order chi connectivity index (χ1) is 11.8. The lowest BCUT2D eigenvalue weighted by Crippen LogP contribution is -2.49. The zero-order valence-electron chi connectivity index (χ0n) is 14.9. The van der Waals surface area contributed by atoms with Crippen LogP contribution in [-0.2, 0) is 11.3 Å². The summed E-state index contributed by atoms with van der Waals surface area (Å²) in [7, 11) is 1.76. The van der Waals surface area contributed by atoms with Gasteiger partial charge in [0.15, 0.2) is 0 Å². The van der Waals surface area contributed by atoms with E-state index in [1.165, 1.54) is 50.8 Å². The Hall–Kier alpha value is -1.10. The minimum Gasteiger partial charge on any atom is -0.496 e. The van der Waals surface area contributed by atoms with Crippen LogP contribution < -0.4 is 4.74 Å². The minimum absolute atomic E-state index is 0.0908. The second-order valence-corrected chi connectivity index (χ2v) is 7.69. The molecule has 0 N–H and O–H groups in total. The number of para-hydroxylation sites is 1. The summed E-state index contributed by atoms with van der Waals surface area (Å²) in [6, 6.07) is 9.12. The summed E-state index contributed by atoms with van der Waals surface area (Å²) in [6.07, 6.45) is 6.37. The van der Waals surface area contributed by atoms with Crippen molar-refractivity contribution in [3.8, 4) is 5.75 Å². The first-order valence-electron chi connectivity index (χ1n) is 9.50. The van der Waals surface area contributed by atoms with Crippen LogP contribution in [0.3, 0.4) is 0 Å². The summed E-state index contributed by atoms with van der Waals surface area (Å²) in [5.74, 6) is 0.998. The van der Waals surface area contributed by atoms with Gasteiger partial charge in [0, 0.05) is 37.8 Å². The lowest BCUT2D eigenvalue weighted by atomic mass is 9.89. The van der Waals surface area contributed by atoms with Crippen LogP contribution in [0.1, 0.15) is 37.7 Å². The van der Waals surface area contributed by atoms with Crippen LogP contribution in [-0.4, -0.2) is 61.3 Å². The molecule has 4 rings (SSSR count). The van der Waals surface area contributed by atoms with Gasteiger partial charge in [-0.05, 0) is 51.3 Å². The Kier molecular flexibility index (Phi) is 4.79. The molecule has 0 unspecified atom stereocenters. The van der Waals surface area contributed by atoms with Crippen molar-refractivity contribution in [2.75, 3.05) is 39.9 Å². The summed E-state index contributed by atoms with van der Waals surface area (Å²) in [6.45, 7) is 6.69. The van der Waals surface area contributed by atoms with Crippen LogP contribution in [0.5, 0.6) is 5.75 Å². The molecule has 0 amide bonds. The van der Waals surface area contributed by atoms with Crippen molar-refractivity contribution >= 4 is 0 Å². The van der Waals surface area contributed by atoms with E-state index >= 15 is 0 Å². The van der Waals surface area contributed by atoms with Gasteiger partial charge in [-0.1, -0.05) is 18.2 Å². The Morgan fingerprint density at radius 1 is 1.21 bits per heavy atom. The SMILES string of the molecule is COc1ccccc1CN1CC[C@@]2(C[C@H](N3CCCC3)CCO2)C1. The minimum atomic E-state index is 0.0908. The number of nitrogens with zero attached hydrogens (tertiary/aromatic N) is 2. The number of hydrogen-bond acceptors (Lipinski definition) is 4. The molecule has 1 aromatic rings. The molecule has 132 valence electrons. The van der Waals surface area contributed by atoms with E-state index in [4.69, 9.17) is 9.47 Å². The third-order valence-corrected chi connectivity index (χ3v) is 6.11. The van der Waals surface area contributed by atoms with Crippen molar-refractivity contribution in [3.63, 3.8) is 0 Å². The maximum Gasteiger partial charge on any atom is 0.123 e. The van der Waals surface area contributed by atoms with Gasteiger partial charge in [-0.15, -0.1) is 0 Å². The predicted octanol–water partition coefficient (Wildman–Crippen LogP) is 2.91. The van der Waals surface area contributed by atoms with E-state index in [9.17, 15) is 0 Å². The first kappa shape index (κ1) is 16.4. The van der Waals surface area contributed by atoms with Gasteiger partial charge in [0.25, 0.3) is 0 Å². The fraction of sp³-hybridized carbons (Fsp3) is 0.700. The van der Waals surface area contributed by atoms with Gasteiger partial charge in [0.2, 0.25) is 0 Å². The van der Waals surface area contributed by atoms with E-state index in [-0.39, 0.29) is 5.60 Å². The summed E-state index contributed by atoms with van der Waals surface area (Å²) < 4.78 is 11.9. The molecular formula is C20H30N2O2. The van der Waals surface area contributed by atoms with E-state index in [2.05, 4.69) is 28.0 Å². The second-order valence-electron chi connectivity index (χ2n) is 7.69. The zero-order chi connectivity index (χ0) is 16.4. The highest BCUT2D eigenvalue weighted by Crippen LogP contribution is 2.37. The average molecular weight is 330 g/mol. The largest absolute Gasteiger partial charge is 0.496 e. The van der Waals surface area contributed by atoms with Gasteiger partial charge in [0.05, 0.1) is 12.7 Å². The number of likely N-dealkylation sites (tertiary alicyclic amines) is 2. The second kappa shape index (κ2) is 7.03. The number of rotatable bonds is 4. The van der Waals surface area contributed by atoms with Crippen LogP contribution in [0.2, 0.25) is 0 Å². The molecular weight excluding hydrogens is 300 g/mol. The summed E-state index contributed by atoms with van der Waals surface area (Å²) in [5.41, 5.74) is 1.37. The standard InChI is InChI=1S/C20H30N2O2/c1-23-19-7-3-2-6-17(19)15-21-12-9-20(16-21)14-18(8-13-24-20)22-10-4-5-11-22/h2-3,6-7,18H,4-5,8-16H2,1H3/t18-,20-/m1/s1. The summed E-state index contributed by atoms with van der Waals surface area (Å²) >= 11 is 0. The molecule has 0 bridgehead atoms. The topological polar surface area (TPSA) is 24.9 Å². The van der Waals surface area contributed by atoms with Crippen LogP contribution in [0.25, 0.3) is 0 Å². The van der Waals surface area contributed by atoms with Crippen LogP contribution in [0, 0.1) is 0 Å². The van der Waals surface area contributed by atoms with E-state index in [0.717, 1.165) is 38.0 Å². The fourth-order valence-corrected chi connectivity index (χ4v) is 4.84. The molecule has 3 saturated heterocycles. The molecule has 0 saturated carbocycles. The zero-order valence-corrected chi connectivity index (χ0v) is 14.9. The maximum atomic E-state index is 6.34. The fourth-order valence-electron chi connectivity index (χ4n) is 4.84. The van der Waals surface area contributed by atoms with E-state index in [1.807, 2.05) is 6.07 Å². The predicted molar refractivity (Wildman–Crippen MR) is 95.4 cm³/mol. The number of benzene rings is 1. The molecule has 3 aliphatic heterocycles. The van der Waals surface area contributed by atoms with Gasteiger partial charge in [-0.3, -0.25) is 4.90 Å². The van der Waals surface area contributed by atoms with Crippen LogP contribution >= 0.6 is 0 Å². The highest BCUT2D eigenvalue weighted by atomic mass is 16.5. The van der Waals surface area contributed by atoms with Crippen molar-refractivity contribution in [2.24, 2.45) is 0 Å². The van der Waals surface area contributed by atoms with E-state index in [1.54, 1.807) is 7.11 Å². The van der Waals surface area contributed by atoms with Crippen molar-refractivity contribution in [3.05, 3.63) is 29.8 Å². The first-order valence-corrected chi connectivity index (χ1v) is 9.50. The monoisotopic (exact) mass is 330 g/mol. The molecule has 4 heteroatoms. The molecule has 0 radical (unpaired) electrons. The molecule has 2 atom stereocenters. The molecule has 1 aromatic carbocycles. The smallest absolute Gasteiger partial charge is 0.123 e. The third kappa shape index (κ3) is 3.32. The number of ether oxygens (including phenoxy) is 2. The maximum absolute atomic E-state index is 6.34. The number of hydrogen-bond donors (Lipinski definition) is 0. The molecule has 0 aliphatic carbocycles. The quantitative estimate of drug-likeness (QED) is 0.847. The molecule has 0 aromatic heterocycles. The molecule has 24 heavy (non-hydrogen) atoms. The van der Waals surface area contributed by atoms with E-state index < -0.39 is 0 Å². The van der Waals surface area contributed by atoms with E-state index in [0.29, 0.717) is 0 Å². The lowest BCUT2D eigenvalue weighted by Gasteiger charge is -2.41. The van der Waals surface area contributed by atoms with Crippen LogP contribution in [0.4, 0.5) is 0 Å². The van der Waals surface area contributed by atoms with Crippen LogP contribution in [0.15, 0.2) is 24.3 Å². The molecule has 1 spiro atoms. The Bertz CT molecular complexity index is 558. The van der Waals surface area contributed by atoms with Gasteiger partial charge < -0.3 is 14.4 Å². The third-order valence-electron chi connectivity index (χ3n) is 6.11. The Morgan fingerprint density at radius 3 is 2.88 bits per heavy atom. The Labute approximate surface area is 145 Å². The lowest BCUT2D eigenvalue weighted by molar-refractivity contribution is -0.0961. The summed E-state index contributed by atoms with van der Waals surface area (Å²) in [4.78, 5) is 5.26. The van der Waals surface area contributed by atoms with Gasteiger partial charge in [-0.2, -0.15) is 0 Å². The molecule has 4 nitrogen and oxygen atoms in total. The highest BCUT2D eigenvalue weighted by Gasteiger charge is 2.44. The van der Waals surface area contributed by atoms with Crippen molar-refractivity contribution < 1.29 is 9.47 Å². The molecule has 3 fully saturated rings. The van der Waals surface area contributed by atoms with Gasteiger partial charge in [-0.25, -0.2) is 0 Å². The Morgan fingerprint density at radius 2 is 2.04 bits per heavy atom. The van der Waals surface area contributed by atoms with Crippen molar-refractivity contribution in [2.45, 2.75) is 50.3 Å². The molecule has 3 heterocycles. The number of methoxy groups -OCH3 is 1. The van der Waals surface area contributed by atoms with Crippen molar-refractivity contribution in [1.29, 1.82) is 0 Å². The summed E-state index contributed by atoms with van der Waals surface area (Å²) in [5, 5.41) is 0. The highest BCUT2D eigenvalue weighted by molar-refractivity contribution is 5.33. The van der Waals surface area contributed by atoms with Crippen molar-refractivity contribution in [1.82, 2.24) is 9.80 Å². The normalized spacial score (nSPS) is 31.8.